The quantitative estimate of drug-likeness (QED) is 0.861. The average molecular weight is 293 g/mol. The summed E-state index contributed by atoms with van der Waals surface area (Å²) in [5.41, 5.74) is -1.28. The Hall–Kier alpha value is -1.57. The summed E-state index contributed by atoms with van der Waals surface area (Å²) in [4.78, 5) is 23.5. The minimum Gasteiger partial charge on any atom is -0.479 e. The summed E-state index contributed by atoms with van der Waals surface area (Å²) >= 11 is 1.05. The van der Waals surface area contributed by atoms with Gasteiger partial charge in [0.2, 0.25) is 0 Å². The van der Waals surface area contributed by atoms with Crippen LogP contribution in [0.4, 0.5) is 13.2 Å². The van der Waals surface area contributed by atoms with E-state index in [1.807, 2.05) is 0 Å². The predicted molar refractivity (Wildman–Crippen MR) is 60.8 cm³/mol. The van der Waals surface area contributed by atoms with E-state index in [0.29, 0.717) is 10.5 Å². The predicted octanol–water partition coefficient (Wildman–Crippen LogP) is 1.99. The lowest BCUT2D eigenvalue weighted by Gasteiger charge is -2.41. The molecule has 0 fully saturated rings. The van der Waals surface area contributed by atoms with Crippen LogP contribution < -0.4 is 0 Å². The number of carboxylic acids is 1. The molecule has 2 heterocycles. The second kappa shape index (κ2) is 4.22. The van der Waals surface area contributed by atoms with E-state index in [2.05, 4.69) is 0 Å². The third-order valence-corrected chi connectivity index (χ3v) is 4.41. The molecule has 104 valence electrons. The lowest BCUT2D eigenvalue weighted by Crippen LogP contribution is -2.58. The van der Waals surface area contributed by atoms with Crippen molar-refractivity contribution in [3.8, 4) is 0 Å². The highest BCUT2D eigenvalue weighted by Gasteiger charge is 2.54. The second-order valence-electron chi connectivity index (χ2n) is 4.36. The number of amides is 1. The number of halogens is 3. The molecule has 0 saturated heterocycles. The van der Waals surface area contributed by atoms with Crippen molar-refractivity contribution in [1.82, 2.24) is 4.90 Å². The van der Waals surface area contributed by atoms with Gasteiger partial charge in [0.05, 0.1) is 0 Å². The molecule has 1 amide bonds. The number of carbonyl (C=O) groups is 2. The van der Waals surface area contributed by atoms with Crippen molar-refractivity contribution in [1.29, 1.82) is 0 Å². The van der Waals surface area contributed by atoms with E-state index in [1.54, 1.807) is 11.4 Å². The van der Waals surface area contributed by atoms with E-state index in [0.717, 1.165) is 18.3 Å². The molecular weight excluding hydrogens is 283 g/mol. The van der Waals surface area contributed by atoms with Crippen LogP contribution in [0.25, 0.3) is 0 Å². The third-order valence-electron chi connectivity index (χ3n) is 3.24. The van der Waals surface area contributed by atoms with Crippen molar-refractivity contribution < 1.29 is 27.9 Å². The van der Waals surface area contributed by atoms with Gasteiger partial charge in [-0.15, -0.1) is 11.3 Å². The Labute approximate surface area is 110 Å². The maximum Gasteiger partial charge on any atom is 0.471 e. The molecule has 19 heavy (non-hydrogen) atoms. The fraction of sp³-hybridized carbons (Fsp3) is 0.455. The monoisotopic (exact) mass is 293 g/mol. The summed E-state index contributed by atoms with van der Waals surface area (Å²) in [6.45, 7) is 0.873. The number of carbonyl (C=O) groups excluding carboxylic acids is 1. The molecule has 0 saturated carbocycles. The minimum absolute atomic E-state index is 0.226. The third kappa shape index (κ3) is 1.99. The number of alkyl halides is 3. The summed E-state index contributed by atoms with van der Waals surface area (Å²) in [7, 11) is 0. The molecule has 1 unspecified atom stereocenters. The lowest BCUT2D eigenvalue weighted by atomic mass is 9.89. The van der Waals surface area contributed by atoms with Gasteiger partial charge in [-0.25, -0.2) is 4.79 Å². The van der Waals surface area contributed by atoms with Crippen LogP contribution in [-0.2, 0) is 21.5 Å². The number of fused-ring (bicyclic) bond motifs is 1. The Morgan fingerprint density at radius 3 is 2.63 bits per heavy atom. The van der Waals surface area contributed by atoms with Crippen LogP contribution >= 0.6 is 11.3 Å². The van der Waals surface area contributed by atoms with Crippen molar-refractivity contribution in [3.05, 3.63) is 21.9 Å². The molecule has 1 atom stereocenters. The van der Waals surface area contributed by atoms with Gasteiger partial charge in [0.15, 0.2) is 5.54 Å². The largest absolute Gasteiger partial charge is 0.479 e. The normalized spacial score (nSPS) is 23.1. The number of hydrogen-bond acceptors (Lipinski definition) is 3. The number of thiophene rings is 1. The van der Waals surface area contributed by atoms with Crippen LogP contribution in [0, 0.1) is 0 Å². The Bertz CT molecular complexity index is 540. The molecule has 1 aromatic rings. The molecule has 1 aliphatic rings. The Kier molecular flexibility index (Phi) is 3.08. The molecule has 0 aliphatic carbocycles. The Balaban J connectivity index is 2.53. The highest BCUT2D eigenvalue weighted by molar-refractivity contribution is 7.10. The summed E-state index contributed by atoms with van der Waals surface area (Å²) in [5, 5.41) is 10.9. The summed E-state index contributed by atoms with van der Waals surface area (Å²) in [6, 6.07) is 1.68. The zero-order chi connectivity index (χ0) is 14.4. The molecule has 8 heteroatoms. The summed E-state index contributed by atoms with van der Waals surface area (Å²) in [6.07, 6.45) is -4.85. The van der Waals surface area contributed by atoms with E-state index in [-0.39, 0.29) is 17.8 Å². The van der Waals surface area contributed by atoms with Gasteiger partial charge in [-0.3, -0.25) is 4.79 Å². The first kappa shape index (κ1) is 13.9. The van der Waals surface area contributed by atoms with Crippen molar-refractivity contribution in [2.45, 2.75) is 25.1 Å². The minimum atomic E-state index is -5.08. The fourth-order valence-corrected chi connectivity index (χ4v) is 3.33. The average Bonchev–Trinajstić information content (AvgIpc) is 2.76. The first-order chi connectivity index (χ1) is 8.69. The van der Waals surface area contributed by atoms with E-state index in [1.165, 1.54) is 0 Å². The van der Waals surface area contributed by atoms with Crippen molar-refractivity contribution in [3.63, 3.8) is 0 Å². The Morgan fingerprint density at radius 2 is 2.11 bits per heavy atom. The number of rotatable bonds is 1. The van der Waals surface area contributed by atoms with Gasteiger partial charge >= 0.3 is 18.1 Å². The van der Waals surface area contributed by atoms with Crippen molar-refractivity contribution >= 4 is 23.2 Å². The first-order valence-corrected chi connectivity index (χ1v) is 6.26. The van der Waals surface area contributed by atoms with Crippen LogP contribution in [0.5, 0.6) is 0 Å². The summed E-state index contributed by atoms with van der Waals surface area (Å²) in [5.74, 6) is -3.58. The zero-order valence-corrected chi connectivity index (χ0v) is 10.6. The standard InChI is InChI=1S/C11H10F3NO3S/c1-10(9(17)18)7-6(3-5-19-7)2-4-15(10)8(16)11(12,13)14/h3,5H,2,4H2,1H3,(H,17,18). The number of aliphatic carboxylic acids is 1. The molecule has 0 spiro atoms. The zero-order valence-electron chi connectivity index (χ0n) is 9.82. The molecule has 4 nitrogen and oxygen atoms in total. The SMILES string of the molecule is CC1(C(=O)O)c2sccc2CCN1C(=O)C(F)(F)F. The van der Waals surface area contributed by atoms with Crippen LogP contribution in [0.2, 0.25) is 0 Å². The molecule has 1 N–H and O–H groups in total. The smallest absolute Gasteiger partial charge is 0.471 e. The van der Waals surface area contributed by atoms with Gasteiger partial charge < -0.3 is 10.0 Å². The van der Waals surface area contributed by atoms with Crippen LogP contribution in [0.3, 0.4) is 0 Å². The topological polar surface area (TPSA) is 57.6 Å². The second-order valence-corrected chi connectivity index (χ2v) is 5.27. The molecule has 1 aromatic heterocycles. The van der Waals surface area contributed by atoms with Gasteiger partial charge in [-0.2, -0.15) is 13.2 Å². The van der Waals surface area contributed by atoms with Crippen LogP contribution in [-0.4, -0.2) is 34.6 Å². The van der Waals surface area contributed by atoms with Crippen molar-refractivity contribution in [2.75, 3.05) is 6.54 Å². The highest BCUT2D eigenvalue weighted by Crippen LogP contribution is 2.41. The number of carboxylic acid groups (broad SMARTS) is 1. The van der Waals surface area contributed by atoms with Crippen molar-refractivity contribution in [2.24, 2.45) is 0 Å². The van der Waals surface area contributed by atoms with Crippen LogP contribution in [0.15, 0.2) is 11.4 Å². The fourth-order valence-electron chi connectivity index (χ4n) is 2.21. The molecule has 1 aliphatic heterocycles. The van der Waals surface area contributed by atoms with Gasteiger partial charge in [0.25, 0.3) is 0 Å². The van der Waals surface area contributed by atoms with Gasteiger partial charge in [-0.1, -0.05) is 0 Å². The van der Waals surface area contributed by atoms with E-state index in [9.17, 15) is 27.9 Å². The summed E-state index contributed by atoms with van der Waals surface area (Å²) < 4.78 is 37.7. The van der Waals surface area contributed by atoms with Crippen LogP contribution in [0.1, 0.15) is 17.4 Å². The number of nitrogens with zero attached hydrogens (tertiary/aromatic N) is 1. The van der Waals surface area contributed by atoms with Gasteiger partial charge in [-0.05, 0) is 30.4 Å². The lowest BCUT2D eigenvalue weighted by molar-refractivity contribution is -0.195. The number of hydrogen-bond donors (Lipinski definition) is 1. The highest BCUT2D eigenvalue weighted by atomic mass is 32.1. The van der Waals surface area contributed by atoms with E-state index < -0.39 is 23.6 Å². The van der Waals surface area contributed by atoms with Gasteiger partial charge in [0, 0.05) is 11.4 Å². The van der Waals surface area contributed by atoms with E-state index in [4.69, 9.17) is 0 Å². The van der Waals surface area contributed by atoms with Gasteiger partial charge in [0.1, 0.15) is 0 Å². The molecule has 0 bridgehead atoms. The first-order valence-electron chi connectivity index (χ1n) is 5.38. The molecule has 0 aromatic carbocycles. The molecule has 0 radical (unpaired) electrons. The maximum absolute atomic E-state index is 12.6. The molecule has 2 rings (SSSR count). The van der Waals surface area contributed by atoms with E-state index >= 15 is 0 Å². The molecular formula is C11H10F3NO3S. The maximum atomic E-state index is 12.6. The Morgan fingerprint density at radius 1 is 1.47 bits per heavy atom.